The summed E-state index contributed by atoms with van der Waals surface area (Å²) in [4.78, 5) is 25.3. The molecule has 2 aliphatic rings. The van der Waals surface area contributed by atoms with E-state index in [2.05, 4.69) is 5.32 Å². The highest BCUT2D eigenvalue weighted by Crippen LogP contribution is 2.35. The minimum absolute atomic E-state index is 0.0532. The average molecular weight is 284 g/mol. The maximum Gasteiger partial charge on any atom is 0.317 e. The van der Waals surface area contributed by atoms with Crippen LogP contribution in [0.2, 0.25) is 0 Å². The van der Waals surface area contributed by atoms with Crippen LogP contribution in [0, 0.1) is 5.41 Å². The summed E-state index contributed by atoms with van der Waals surface area (Å²) in [7, 11) is 0. The molecular weight excluding hydrogens is 260 g/mol. The molecule has 114 valence electrons. The molecular formula is C14H24N2O4. The third-order valence-electron chi connectivity index (χ3n) is 4.82. The van der Waals surface area contributed by atoms with Gasteiger partial charge in [0.05, 0.1) is 17.6 Å². The molecule has 2 heterocycles. The lowest BCUT2D eigenvalue weighted by Crippen LogP contribution is -2.52. The zero-order valence-electron chi connectivity index (χ0n) is 12.2. The SMILES string of the molecule is CCC1(C(=O)O)CCN(C(=O)NC2CCOC2C)CC1. The number of ether oxygens (including phenoxy) is 1. The van der Waals surface area contributed by atoms with Gasteiger partial charge in [0, 0.05) is 19.7 Å². The third-order valence-corrected chi connectivity index (χ3v) is 4.82. The quantitative estimate of drug-likeness (QED) is 0.822. The molecule has 2 aliphatic heterocycles. The van der Waals surface area contributed by atoms with Crippen molar-refractivity contribution in [3.8, 4) is 0 Å². The molecule has 0 aromatic heterocycles. The Labute approximate surface area is 119 Å². The summed E-state index contributed by atoms with van der Waals surface area (Å²) >= 11 is 0. The Kier molecular flexibility index (Phi) is 4.52. The zero-order valence-corrected chi connectivity index (χ0v) is 12.2. The molecule has 0 saturated carbocycles. The number of nitrogens with one attached hydrogen (secondary N) is 1. The number of carboxylic acid groups (broad SMARTS) is 1. The molecule has 2 amide bonds. The number of piperidine rings is 1. The Balaban J connectivity index is 1.87. The number of carbonyl (C=O) groups excluding carboxylic acids is 1. The second-order valence-electron chi connectivity index (χ2n) is 5.85. The summed E-state index contributed by atoms with van der Waals surface area (Å²) < 4.78 is 5.42. The highest BCUT2D eigenvalue weighted by Gasteiger charge is 2.41. The second-order valence-corrected chi connectivity index (χ2v) is 5.85. The van der Waals surface area contributed by atoms with Crippen molar-refractivity contribution in [1.29, 1.82) is 0 Å². The van der Waals surface area contributed by atoms with Crippen LogP contribution in [0.4, 0.5) is 4.79 Å². The van der Waals surface area contributed by atoms with Gasteiger partial charge in [0.15, 0.2) is 0 Å². The fraction of sp³-hybridized carbons (Fsp3) is 0.857. The Hall–Kier alpha value is -1.30. The third kappa shape index (κ3) is 2.90. The van der Waals surface area contributed by atoms with Gasteiger partial charge in [-0.25, -0.2) is 4.79 Å². The molecule has 6 heteroatoms. The van der Waals surface area contributed by atoms with Crippen molar-refractivity contribution in [3.05, 3.63) is 0 Å². The van der Waals surface area contributed by atoms with Crippen LogP contribution in [0.3, 0.4) is 0 Å². The number of nitrogens with zero attached hydrogens (tertiary/aromatic N) is 1. The number of carbonyl (C=O) groups is 2. The predicted octanol–water partition coefficient (Wildman–Crippen LogP) is 1.45. The van der Waals surface area contributed by atoms with Crippen molar-refractivity contribution in [2.24, 2.45) is 5.41 Å². The number of likely N-dealkylation sites (tertiary alicyclic amines) is 1. The van der Waals surface area contributed by atoms with E-state index in [4.69, 9.17) is 4.74 Å². The largest absolute Gasteiger partial charge is 0.481 e. The van der Waals surface area contributed by atoms with E-state index in [0.717, 1.165) is 6.42 Å². The van der Waals surface area contributed by atoms with Crippen LogP contribution in [0.5, 0.6) is 0 Å². The topological polar surface area (TPSA) is 78.9 Å². The summed E-state index contributed by atoms with van der Waals surface area (Å²) in [5.41, 5.74) is -0.652. The van der Waals surface area contributed by atoms with Crippen LogP contribution in [-0.4, -0.2) is 53.8 Å². The van der Waals surface area contributed by atoms with Crippen LogP contribution < -0.4 is 5.32 Å². The monoisotopic (exact) mass is 284 g/mol. The van der Waals surface area contributed by atoms with Crippen molar-refractivity contribution < 1.29 is 19.4 Å². The van der Waals surface area contributed by atoms with Crippen molar-refractivity contribution in [2.45, 2.75) is 51.7 Å². The lowest BCUT2D eigenvalue weighted by molar-refractivity contribution is -0.151. The van der Waals surface area contributed by atoms with E-state index in [0.29, 0.717) is 39.0 Å². The van der Waals surface area contributed by atoms with Gasteiger partial charge in [0.2, 0.25) is 0 Å². The highest BCUT2D eigenvalue weighted by molar-refractivity contribution is 5.77. The van der Waals surface area contributed by atoms with Crippen LogP contribution in [-0.2, 0) is 9.53 Å². The minimum atomic E-state index is -0.738. The van der Waals surface area contributed by atoms with Crippen LogP contribution in [0.25, 0.3) is 0 Å². The fourth-order valence-electron chi connectivity index (χ4n) is 3.03. The maximum atomic E-state index is 12.2. The van der Waals surface area contributed by atoms with Crippen LogP contribution in [0.1, 0.15) is 39.5 Å². The number of rotatable bonds is 3. The molecule has 2 saturated heterocycles. The summed E-state index contributed by atoms with van der Waals surface area (Å²) in [6, 6.07) is -0.0257. The van der Waals surface area contributed by atoms with Crippen molar-refractivity contribution >= 4 is 12.0 Å². The first-order valence-corrected chi connectivity index (χ1v) is 7.39. The summed E-state index contributed by atoms with van der Waals surface area (Å²) in [5, 5.41) is 12.3. The molecule has 2 rings (SSSR count). The smallest absolute Gasteiger partial charge is 0.317 e. The molecule has 0 bridgehead atoms. The first-order chi connectivity index (χ1) is 9.48. The summed E-state index contributed by atoms with van der Waals surface area (Å²) in [6.07, 6.45) is 2.57. The van der Waals surface area contributed by atoms with Crippen molar-refractivity contribution in [3.63, 3.8) is 0 Å². The lowest BCUT2D eigenvalue weighted by Gasteiger charge is -2.38. The van der Waals surface area contributed by atoms with Gasteiger partial charge in [-0.3, -0.25) is 4.79 Å². The number of hydrogen-bond donors (Lipinski definition) is 2. The Bertz CT molecular complexity index is 377. The number of hydrogen-bond acceptors (Lipinski definition) is 3. The predicted molar refractivity (Wildman–Crippen MR) is 73.5 cm³/mol. The van der Waals surface area contributed by atoms with Gasteiger partial charge in [-0.05, 0) is 32.6 Å². The fourth-order valence-corrected chi connectivity index (χ4v) is 3.03. The van der Waals surface area contributed by atoms with E-state index in [1.165, 1.54) is 0 Å². The molecule has 20 heavy (non-hydrogen) atoms. The normalized spacial score (nSPS) is 29.2. The van der Waals surface area contributed by atoms with Gasteiger partial charge in [-0.15, -0.1) is 0 Å². The van der Waals surface area contributed by atoms with Gasteiger partial charge in [-0.1, -0.05) is 6.92 Å². The molecule has 0 spiro atoms. The molecule has 0 aromatic carbocycles. The first kappa shape index (κ1) is 15.1. The van der Waals surface area contributed by atoms with E-state index in [-0.39, 0.29) is 18.2 Å². The van der Waals surface area contributed by atoms with Gasteiger partial charge < -0.3 is 20.1 Å². The van der Waals surface area contributed by atoms with E-state index >= 15 is 0 Å². The molecule has 2 fully saturated rings. The van der Waals surface area contributed by atoms with Crippen molar-refractivity contribution in [1.82, 2.24) is 10.2 Å². The molecule has 6 nitrogen and oxygen atoms in total. The van der Waals surface area contributed by atoms with E-state index < -0.39 is 11.4 Å². The zero-order chi connectivity index (χ0) is 14.8. The first-order valence-electron chi connectivity index (χ1n) is 7.39. The minimum Gasteiger partial charge on any atom is -0.481 e. The Morgan fingerprint density at radius 1 is 1.40 bits per heavy atom. The summed E-state index contributed by atoms with van der Waals surface area (Å²) in [5.74, 6) is -0.738. The van der Waals surface area contributed by atoms with Gasteiger partial charge >= 0.3 is 12.0 Å². The number of urea groups is 1. The van der Waals surface area contributed by atoms with E-state index in [9.17, 15) is 14.7 Å². The average Bonchev–Trinajstić information content (AvgIpc) is 2.84. The molecule has 2 unspecified atom stereocenters. The van der Waals surface area contributed by atoms with Gasteiger partial charge in [0.25, 0.3) is 0 Å². The van der Waals surface area contributed by atoms with Gasteiger partial charge in [0.1, 0.15) is 0 Å². The number of amides is 2. The molecule has 2 atom stereocenters. The highest BCUT2D eigenvalue weighted by atomic mass is 16.5. The maximum absolute atomic E-state index is 12.2. The van der Waals surface area contributed by atoms with Crippen LogP contribution in [0.15, 0.2) is 0 Å². The molecule has 0 aromatic rings. The van der Waals surface area contributed by atoms with Crippen molar-refractivity contribution in [2.75, 3.05) is 19.7 Å². The Morgan fingerprint density at radius 2 is 2.05 bits per heavy atom. The van der Waals surface area contributed by atoms with E-state index in [1.54, 1.807) is 4.90 Å². The standard InChI is InChI=1S/C14H24N2O4/c1-3-14(12(17)18)5-7-16(8-6-14)13(19)15-11-4-9-20-10(11)2/h10-11H,3-9H2,1-2H3,(H,15,19)(H,17,18). The molecule has 0 aliphatic carbocycles. The Morgan fingerprint density at radius 3 is 2.50 bits per heavy atom. The molecule has 2 N–H and O–H groups in total. The molecule has 0 radical (unpaired) electrons. The number of aliphatic carboxylic acids is 1. The summed E-state index contributed by atoms with van der Waals surface area (Å²) in [6.45, 7) is 5.56. The van der Waals surface area contributed by atoms with Gasteiger partial charge in [-0.2, -0.15) is 0 Å². The van der Waals surface area contributed by atoms with Crippen LogP contribution >= 0.6 is 0 Å². The number of carboxylic acids is 1. The lowest BCUT2D eigenvalue weighted by atomic mass is 9.76. The second kappa shape index (κ2) is 5.99. The van der Waals surface area contributed by atoms with E-state index in [1.807, 2.05) is 13.8 Å².